The molecule has 0 fully saturated rings. The van der Waals surface area contributed by atoms with Crippen molar-refractivity contribution in [2.45, 2.75) is 6.61 Å². The largest absolute Gasteiger partial charge is 0.435 e. The fourth-order valence-corrected chi connectivity index (χ4v) is 2.11. The van der Waals surface area contributed by atoms with Crippen LogP contribution in [0.3, 0.4) is 0 Å². The molecule has 0 saturated carbocycles. The van der Waals surface area contributed by atoms with Gasteiger partial charge in [0.25, 0.3) is 5.91 Å². The van der Waals surface area contributed by atoms with E-state index in [4.69, 9.17) is 0 Å². The van der Waals surface area contributed by atoms with Crippen LogP contribution in [0.25, 0.3) is 5.69 Å². The fourth-order valence-electron chi connectivity index (χ4n) is 2.11. The number of halogens is 2. The van der Waals surface area contributed by atoms with E-state index in [-0.39, 0.29) is 11.7 Å². The zero-order valence-electron chi connectivity index (χ0n) is 12.4. The molecule has 0 bridgehead atoms. The van der Waals surface area contributed by atoms with Crippen LogP contribution in [-0.4, -0.2) is 22.3 Å². The lowest BCUT2D eigenvalue weighted by Crippen LogP contribution is -2.10. The summed E-state index contributed by atoms with van der Waals surface area (Å²) in [5.74, 6) is -0.291. The summed E-state index contributed by atoms with van der Waals surface area (Å²) in [6.07, 6.45) is 2.92. The molecule has 5 nitrogen and oxygen atoms in total. The maximum absolute atomic E-state index is 12.3. The highest BCUT2D eigenvalue weighted by molar-refractivity contribution is 6.03. The van der Waals surface area contributed by atoms with Crippen molar-refractivity contribution < 1.29 is 18.3 Å². The van der Waals surface area contributed by atoms with E-state index in [1.54, 1.807) is 24.3 Å². The van der Waals surface area contributed by atoms with Crippen molar-refractivity contribution in [3.63, 3.8) is 0 Å². The Bertz CT molecular complexity index is 835. The highest BCUT2D eigenvalue weighted by Crippen LogP contribution is 2.19. The van der Waals surface area contributed by atoms with Gasteiger partial charge in [-0.3, -0.25) is 4.79 Å². The number of hydrogen-bond acceptors (Lipinski definition) is 3. The van der Waals surface area contributed by atoms with Gasteiger partial charge in [0.2, 0.25) is 0 Å². The third-order valence-corrected chi connectivity index (χ3v) is 3.18. The summed E-state index contributed by atoms with van der Waals surface area (Å²) >= 11 is 0. The molecule has 1 amide bonds. The molecule has 24 heavy (non-hydrogen) atoms. The summed E-state index contributed by atoms with van der Waals surface area (Å²) in [4.78, 5) is 12.2. The molecule has 0 saturated heterocycles. The normalized spacial score (nSPS) is 10.6. The van der Waals surface area contributed by atoms with Gasteiger partial charge in [-0.1, -0.05) is 24.3 Å². The molecule has 1 aromatic heterocycles. The number of benzene rings is 2. The van der Waals surface area contributed by atoms with Crippen molar-refractivity contribution in [2.24, 2.45) is 0 Å². The number of aromatic nitrogens is 2. The minimum Gasteiger partial charge on any atom is -0.435 e. The number of nitrogens with zero attached hydrogens (tertiary/aromatic N) is 2. The number of nitrogens with one attached hydrogen (secondary N) is 1. The topological polar surface area (TPSA) is 56.2 Å². The number of carbonyl (C=O) groups is 1. The first-order valence-corrected chi connectivity index (χ1v) is 7.08. The van der Waals surface area contributed by atoms with Gasteiger partial charge >= 0.3 is 6.61 Å². The van der Waals surface area contributed by atoms with Crippen molar-refractivity contribution >= 4 is 11.6 Å². The molecule has 3 aromatic rings. The van der Waals surface area contributed by atoms with Crippen molar-refractivity contribution in [2.75, 3.05) is 5.32 Å². The number of alkyl halides is 2. The quantitative estimate of drug-likeness (QED) is 0.776. The second-order valence-electron chi connectivity index (χ2n) is 4.87. The Balaban J connectivity index is 1.77. The van der Waals surface area contributed by atoms with Gasteiger partial charge in [0.1, 0.15) is 5.75 Å². The van der Waals surface area contributed by atoms with Gasteiger partial charge in [0.05, 0.1) is 17.4 Å². The Morgan fingerprint density at radius 2 is 1.92 bits per heavy atom. The fraction of sp³-hybridized carbons (Fsp3) is 0.0588. The van der Waals surface area contributed by atoms with Gasteiger partial charge in [-0.2, -0.15) is 13.9 Å². The summed E-state index contributed by atoms with van der Waals surface area (Å²) < 4.78 is 30.3. The Kier molecular flexibility index (Phi) is 4.51. The Morgan fingerprint density at radius 3 is 2.67 bits per heavy atom. The SMILES string of the molecule is O=C(Nc1ccccc1)c1cnn(-c2cccc(OC(F)F)c2)c1. The van der Waals surface area contributed by atoms with Gasteiger partial charge in [0.15, 0.2) is 0 Å². The van der Waals surface area contributed by atoms with E-state index in [9.17, 15) is 13.6 Å². The lowest BCUT2D eigenvalue weighted by Gasteiger charge is -2.06. The van der Waals surface area contributed by atoms with Crippen molar-refractivity contribution in [3.05, 3.63) is 72.6 Å². The number of ether oxygens (including phenoxy) is 1. The van der Waals surface area contributed by atoms with Crippen molar-refractivity contribution in [1.82, 2.24) is 9.78 Å². The summed E-state index contributed by atoms with van der Waals surface area (Å²) in [6.45, 7) is -2.90. The molecule has 0 spiro atoms. The molecule has 3 rings (SSSR count). The van der Waals surface area contributed by atoms with E-state index in [2.05, 4.69) is 15.2 Å². The van der Waals surface area contributed by atoms with Crippen LogP contribution in [0, 0.1) is 0 Å². The van der Waals surface area contributed by atoms with Crippen LogP contribution >= 0.6 is 0 Å². The van der Waals surface area contributed by atoms with E-state index in [1.165, 1.54) is 29.2 Å². The van der Waals surface area contributed by atoms with E-state index in [0.29, 0.717) is 16.9 Å². The van der Waals surface area contributed by atoms with E-state index >= 15 is 0 Å². The molecule has 1 N–H and O–H groups in total. The number of anilines is 1. The molecule has 0 aliphatic heterocycles. The van der Waals surface area contributed by atoms with Gasteiger partial charge < -0.3 is 10.1 Å². The Labute approximate surface area is 136 Å². The van der Waals surface area contributed by atoms with E-state index < -0.39 is 6.61 Å². The molecule has 0 unspecified atom stereocenters. The molecular formula is C17H13F2N3O2. The molecule has 0 atom stereocenters. The predicted molar refractivity (Wildman–Crippen MR) is 84.6 cm³/mol. The second-order valence-corrected chi connectivity index (χ2v) is 4.87. The van der Waals surface area contributed by atoms with Gasteiger partial charge in [-0.15, -0.1) is 0 Å². The van der Waals surface area contributed by atoms with Crippen LogP contribution in [0.4, 0.5) is 14.5 Å². The maximum atomic E-state index is 12.3. The minimum atomic E-state index is -2.90. The predicted octanol–water partition coefficient (Wildman–Crippen LogP) is 3.73. The average molecular weight is 329 g/mol. The second kappa shape index (κ2) is 6.91. The first-order chi connectivity index (χ1) is 11.6. The summed E-state index contributed by atoms with van der Waals surface area (Å²) in [5.41, 5.74) is 1.52. The van der Waals surface area contributed by atoms with Crippen LogP contribution in [0.2, 0.25) is 0 Å². The molecule has 0 radical (unpaired) electrons. The number of hydrogen-bond donors (Lipinski definition) is 1. The van der Waals surface area contributed by atoms with Gasteiger partial charge in [-0.05, 0) is 24.3 Å². The standard InChI is InChI=1S/C17H13F2N3O2/c18-17(19)24-15-8-4-7-14(9-15)22-11-12(10-20-22)16(23)21-13-5-2-1-3-6-13/h1-11,17H,(H,21,23). The number of para-hydroxylation sites is 1. The number of amides is 1. The van der Waals surface area contributed by atoms with Gasteiger partial charge in [-0.25, -0.2) is 4.68 Å². The molecule has 7 heteroatoms. The summed E-state index contributed by atoms with van der Waals surface area (Å²) in [5, 5.41) is 6.83. The zero-order chi connectivity index (χ0) is 16.9. The Hall–Kier alpha value is -3.22. The van der Waals surface area contributed by atoms with Crippen LogP contribution in [0.15, 0.2) is 67.0 Å². The van der Waals surface area contributed by atoms with E-state index in [0.717, 1.165) is 0 Å². The monoisotopic (exact) mass is 329 g/mol. The van der Waals surface area contributed by atoms with Gasteiger partial charge in [0, 0.05) is 18.0 Å². The van der Waals surface area contributed by atoms with Crippen molar-refractivity contribution in [1.29, 1.82) is 0 Å². The summed E-state index contributed by atoms with van der Waals surface area (Å²) in [7, 11) is 0. The molecule has 122 valence electrons. The molecule has 0 aliphatic rings. The molecule has 0 aliphatic carbocycles. The highest BCUT2D eigenvalue weighted by Gasteiger charge is 2.11. The summed E-state index contributed by atoms with van der Waals surface area (Å²) in [6, 6.07) is 15.1. The smallest absolute Gasteiger partial charge is 0.387 e. The van der Waals surface area contributed by atoms with Crippen LogP contribution < -0.4 is 10.1 Å². The zero-order valence-corrected chi connectivity index (χ0v) is 12.4. The average Bonchev–Trinajstić information content (AvgIpc) is 3.05. The van der Waals surface area contributed by atoms with Crippen LogP contribution in [0.1, 0.15) is 10.4 Å². The molecule has 1 heterocycles. The van der Waals surface area contributed by atoms with Crippen LogP contribution in [0.5, 0.6) is 5.75 Å². The number of rotatable bonds is 5. The first kappa shape index (κ1) is 15.7. The third kappa shape index (κ3) is 3.75. The maximum Gasteiger partial charge on any atom is 0.387 e. The third-order valence-electron chi connectivity index (χ3n) is 3.18. The Morgan fingerprint density at radius 1 is 1.12 bits per heavy atom. The van der Waals surface area contributed by atoms with Crippen LogP contribution in [-0.2, 0) is 0 Å². The lowest BCUT2D eigenvalue weighted by molar-refractivity contribution is -0.0498. The first-order valence-electron chi connectivity index (χ1n) is 7.08. The number of carbonyl (C=O) groups excluding carboxylic acids is 1. The lowest BCUT2D eigenvalue weighted by atomic mass is 10.3. The van der Waals surface area contributed by atoms with Crippen molar-refractivity contribution in [3.8, 4) is 11.4 Å². The van der Waals surface area contributed by atoms with E-state index in [1.807, 2.05) is 18.2 Å². The molecule has 2 aromatic carbocycles. The highest BCUT2D eigenvalue weighted by atomic mass is 19.3. The minimum absolute atomic E-state index is 0.0216. The molecular weight excluding hydrogens is 316 g/mol.